The van der Waals surface area contributed by atoms with Gasteiger partial charge in [0.1, 0.15) is 18.4 Å². The molecule has 1 aliphatic rings. The summed E-state index contributed by atoms with van der Waals surface area (Å²) in [5.74, 6) is 1.80. The van der Waals surface area contributed by atoms with Crippen LogP contribution in [0.2, 0.25) is 5.02 Å². The van der Waals surface area contributed by atoms with Crippen molar-refractivity contribution < 1.29 is 18.7 Å². The molecule has 1 amide bonds. The number of carbonyl (C=O) groups excluding carboxylic acids is 1. The molecule has 1 aliphatic heterocycles. The van der Waals surface area contributed by atoms with Crippen molar-refractivity contribution in [2.45, 2.75) is 26.1 Å². The number of hydrogen-bond donors (Lipinski definition) is 1. The molecule has 1 atom stereocenters. The quantitative estimate of drug-likeness (QED) is 0.302. The summed E-state index contributed by atoms with van der Waals surface area (Å²) in [5, 5.41) is 4.04. The summed E-state index contributed by atoms with van der Waals surface area (Å²) in [4.78, 5) is 15.4. The van der Waals surface area contributed by atoms with Crippen LogP contribution in [-0.2, 0) is 17.9 Å². The monoisotopic (exact) mass is 488 g/mol. The number of anilines is 2. The Morgan fingerprint density at radius 3 is 2.60 bits per heavy atom. The van der Waals surface area contributed by atoms with Gasteiger partial charge in [0.2, 0.25) is 0 Å². The van der Waals surface area contributed by atoms with E-state index in [1.54, 1.807) is 11.2 Å². The van der Waals surface area contributed by atoms with Crippen molar-refractivity contribution in [3.8, 4) is 11.5 Å². The minimum Gasteiger partial charge on any atom is -0.490 e. The van der Waals surface area contributed by atoms with Gasteiger partial charge >= 0.3 is 0 Å². The molecule has 4 aromatic rings. The molecule has 0 saturated carbocycles. The standard InChI is InChI=1S/C28H25ClN2O4/c1-2-33-26-16-19(13-14-25(26)35-18-20-8-3-4-10-22(20)29)27-28(32)31(17-21-9-7-15-34-21)24-12-6-5-11-23(24)30-27/h3-16,27,30H,2,17-18H2,1H3. The largest absolute Gasteiger partial charge is 0.490 e. The molecule has 1 aromatic heterocycles. The van der Waals surface area contributed by atoms with Gasteiger partial charge in [0.25, 0.3) is 5.91 Å². The van der Waals surface area contributed by atoms with Crippen molar-refractivity contribution in [3.63, 3.8) is 0 Å². The van der Waals surface area contributed by atoms with Crippen LogP contribution in [0, 0.1) is 0 Å². The third kappa shape index (κ3) is 4.84. The topological polar surface area (TPSA) is 63.9 Å². The van der Waals surface area contributed by atoms with Crippen LogP contribution in [-0.4, -0.2) is 12.5 Å². The first-order valence-electron chi connectivity index (χ1n) is 11.5. The normalized spacial score (nSPS) is 14.9. The van der Waals surface area contributed by atoms with Gasteiger partial charge in [-0.2, -0.15) is 0 Å². The lowest BCUT2D eigenvalue weighted by Crippen LogP contribution is -2.41. The van der Waals surface area contributed by atoms with Gasteiger partial charge in [-0.3, -0.25) is 4.79 Å². The zero-order chi connectivity index (χ0) is 24.2. The zero-order valence-corrected chi connectivity index (χ0v) is 20.0. The fourth-order valence-electron chi connectivity index (χ4n) is 4.13. The van der Waals surface area contributed by atoms with Gasteiger partial charge in [-0.15, -0.1) is 0 Å². The van der Waals surface area contributed by atoms with Crippen LogP contribution in [0.3, 0.4) is 0 Å². The molecule has 5 rings (SSSR count). The van der Waals surface area contributed by atoms with Crippen LogP contribution in [0.5, 0.6) is 11.5 Å². The molecule has 0 radical (unpaired) electrons. The fraction of sp³-hybridized carbons (Fsp3) is 0.179. The number of halogens is 1. The van der Waals surface area contributed by atoms with Crippen molar-refractivity contribution in [3.05, 3.63) is 107 Å². The van der Waals surface area contributed by atoms with Gasteiger partial charge in [-0.05, 0) is 55.0 Å². The molecule has 7 heteroatoms. The van der Waals surface area contributed by atoms with Crippen LogP contribution < -0.4 is 19.7 Å². The Labute approximate surface area is 209 Å². The lowest BCUT2D eigenvalue weighted by atomic mass is 10.0. The first kappa shape index (κ1) is 22.9. The number of furan rings is 1. The number of rotatable bonds is 8. The average Bonchev–Trinajstić information content (AvgIpc) is 3.39. The summed E-state index contributed by atoms with van der Waals surface area (Å²) in [5.41, 5.74) is 3.35. The maximum Gasteiger partial charge on any atom is 0.254 e. The van der Waals surface area contributed by atoms with Crippen LogP contribution in [0.25, 0.3) is 0 Å². The van der Waals surface area contributed by atoms with E-state index < -0.39 is 6.04 Å². The predicted molar refractivity (Wildman–Crippen MR) is 136 cm³/mol. The highest BCUT2D eigenvalue weighted by atomic mass is 35.5. The highest BCUT2D eigenvalue weighted by Crippen LogP contribution is 2.39. The number of nitrogens with zero attached hydrogens (tertiary/aromatic N) is 1. The second-order valence-electron chi connectivity index (χ2n) is 8.12. The minimum atomic E-state index is -0.586. The zero-order valence-electron chi connectivity index (χ0n) is 19.2. The summed E-state index contributed by atoms with van der Waals surface area (Å²) < 4.78 is 17.4. The van der Waals surface area contributed by atoms with Crippen molar-refractivity contribution in [1.82, 2.24) is 0 Å². The van der Waals surface area contributed by atoms with E-state index in [2.05, 4.69) is 5.32 Å². The molecular weight excluding hydrogens is 464 g/mol. The van der Waals surface area contributed by atoms with E-state index in [1.165, 1.54) is 0 Å². The number of benzene rings is 3. The summed E-state index contributed by atoms with van der Waals surface area (Å²) in [6.45, 7) is 3.03. The second kappa shape index (κ2) is 10.2. The number of carbonyl (C=O) groups is 1. The van der Waals surface area contributed by atoms with Crippen LogP contribution in [0.1, 0.15) is 29.9 Å². The predicted octanol–water partition coefficient (Wildman–Crippen LogP) is 6.61. The third-order valence-electron chi connectivity index (χ3n) is 5.84. The molecule has 178 valence electrons. The maximum atomic E-state index is 13.7. The SMILES string of the molecule is CCOc1cc(C2Nc3ccccc3N(Cc3ccco3)C2=O)ccc1OCc1ccccc1Cl. The Hall–Kier alpha value is -3.90. The molecule has 2 heterocycles. The number of para-hydroxylation sites is 2. The van der Waals surface area contributed by atoms with Gasteiger partial charge < -0.3 is 24.1 Å². The molecule has 6 nitrogen and oxygen atoms in total. The molecular formula is C28H25ClN2O4. The lowest BCUT2D eigenvalue weighted by molar-refractivity contribution is -0.119. The summed E-state index contributed by atoms with van der Waals surface area (Å²) in [6, 6.07) is 24.0. The van der Waals surface area contributed by atoms with Crippen LogP contribution in [0.15, 0.2) is 89.5 Å². The molecule has 0 aliphatic carbocycles. The fourth-order valence-corrected chi connectivity index (χ4v) is 4.32. The number of amides is 1. The van der Waals surface area contributed by atoms with E-state index in [1.807, 2.05) is 85.8 Å². The molecule has 35 heavy (non-hydrogen) atoms. The van der Waals surface area contributed by atoms with Crippen molar-refractivity contribution in [2.24, 2.45) is 0 Å². The summed E-state index contributed by atoms with van der Waals surface area (Å²) >= 11 is 6.27. The third-order valence-corrected chi connectivity index (χ3v) is 6.21. The van der Waals surface area contributed by atoms with Gasteiger partial charge in [-0.1, -0.05) is 48.0 Å². The molecule has 3 aromatic carbocycles. The first-order chi connectivity index (χ1) is 17.1. The van der Waals surface area contributed by atoms with E-state index >= 15 is 0 Å². The highest BCUT2D eigenvalue weighted by molar-refractivity contribution is 6.31. The number of nitrogens with one attached hydrogen (secondary N) is 1. The Kier molecular flexibility index (Phi) is 6.64. The van der Waals surface area contributed by atoms with E-state index in [4.69, 9.17) is 25.5 Å². The van der Waals surface area contributed by atoms with Crippen LogP contribution in [0.4, 0.5) is 11.4 Å². The molecule has 0 saturated heterocycles. The summed E-state index contributed by atoms with van der Waals surface area (Å²) in [7, 11) is 0. The van der Waals surface area contributed by atoms with Gasteiger partial charge in [-0.25, -0.2) is 0 Å². The van der Waals surface area contributed by atoms with E-state index in [-0.39, 0.29) is 5.91 Å². The molecule has 0 spiro atoms. The smallest absolute Gasteiger partial charge is 0.254 e. The molecule has 1 unspecified atom stereocenters. The number of hydrogen-bond acceptors (Lipinski definition) is 5. The van der Waals surface area contributed by atoms with Crippen molar-refractivity contribution in [1.29, 1.82) is 0 Å². The number of fused-ring (bicyclic) bond motifs is 1. The first-order valence-corrected chi connectivity index (χ1v) is 11.8. The van der Waals surface area contributed by atoms with Crippen molar-refractivity contribution >= 4 is 28.9 Å². The maximum absolute atomic E-state index is 13.7. The number of ether oxygens (including phenoxy) is 2. The Balaban J connectivity index is 1.43. The second-order valence-corrected chi connectivity index (χ2v) is 8.52. The lowest BCUT2D eigenvalue weighted by Gasteiger charge is -2.35. The van der Waals surface area contributed by atoms with E-state index in [0.717, 1.165) is 22.5 Å². The average molecular weight is 489 g/mol. The highest BCUT2D eigenvalue weighted by Gasteiger charge is 2.34. The van der Waals surface area contributed by atoms with E-state index in [0.29, 0.717) is 42.0 Å². The molecule has 1 N–H and O–H groups in total. The van der Waals surface area contributed by atoms with Crippen LogP contribution >= 0.6 is 11.6 Å². The van der Waals surface area contributed by atoms with Gasteiger partial charge in [0.15, 0.2) is 11.5 Å². The summed E-state index contributed by atoms with van der Waals surface area (Å²) in [6.07, 6.45) is 1.61. The Morgan fingerprint density at radius 1 is 0.971 bits per heavy atom. The Morgan fingerprint density at radius 2 is 1.80 bits per heavy atom. The van der Waals surface area contributed by atoms with E-state index in [9.17, 15) is 4.79 Å². The Bertz CT molecular complexity index is 1320. The molecule has 0 bridgehead atoms. The minimum absolute atomic E-state index is 0.0766. The van der Waals surface area contributed by atoms with Gasteiger partial charge in [0, 0.05) is 10.6 Å². The molecule has 0 fully saturated rings. The van der Waals surface area contributed by atoms with Crippen molar-refractivity contribution in [2.75, 3.05) is 16.8 Å². The van der Waals surface area contributed by atoms with Gasteiger partial charge in [0.05, 0.1) is 30.8 Å².